The predicted octanol–water partition coefficient (Wildman–Crippen LogP) is 6.13. The maximum Gasteiger partial charge on any atom is 0.165 e. The number of carbonyl (C=O) groups excluding carboxylic acids is 1. The average Bonchev–Trinajstić information content (AvgIpc) is 2.95. The lowest BCUT2D eigenvalue weighted by atomic mass is 9.75. The van der Waals surface area contributed by atoms with Crippen LogP contribution in [-0.2, 0) is 12.8 Å². The molecule has 0 aliphatic heterocycles. The Morgan fingerprint density at radius 2 is 1.85 bits per heavy atom. The average molecular weight is 399 g/mol. The normalized spacial score (nSPS) is 15.6. The lowest BCUT2D eigenvalue weighted by Gasteiger charge is -2.28. The Morgan fingerprint density at radius 3 is 2.59 bits per heavy atom. The summed E-state index contributed by atoms with van der Waals surface area (Å²) >= 11 is 12.6. The summed E-state index contributed by atoms with van der Waals surface area (Å²) in [5.41, 5.74) is 5.52. The number of halogens is 2. The zero-order chi connectivity index (χ0) is 19.2. The van der Waals surface area contributed by atoms with Gasteiger partial charge in [0.2, 0.25) is 0 Å². The molecule has 1 aromatic carbocycles. The van der Waals surface area contributed by atoms with Crippen LogP contribution in [0.4, 0.5) is 0 Å². The highest BCUT2D eigenvalue weighted by Gasteiger charge is 2.35. The molecule has 2 aromatic heterocycles. The van der Waals surface area contributed by atoms with Crippen LogP contribution in [0.15, 0.2) is 42.6 Å². The van der Waals surface area contributed by atoms with E-state index < -0.39 is 0 Å². The van der Waals surface area contributed by atoms with E-state index in [1.54, 1.807) is 6.20 Å². The lowest BCUT2D eigenvalue weighted by Crippen LogP contribution is -2.27. The van der Waals surface area contributed by atoms with Crippen LogP contribution in [0, 0.1) is 5.41 Å². The van der Waals surface area contributed by atoms with E-state index in [0.29, 0.717) is 17.9 Å². The first kappa shape index (κ1) is 18.3. The second-order valence-corrected chi connectivity index (χ2v) is 8.63. The van der Waals surface area contributed by atoms with E-state index >= 15 is 0 Å². The smallest absolute Gasteiger partial charge is 0.165 e. The maximum absolute atomic E-state index is 13.0. The molecule has 138 valence electrons. The van der Waals surface area contributed by atoms with Gasteiger partial charge in [0.05, 0.1) is 10.7 Å². The predicted molar refractivity (Wildman–Crippen MR) is 110 cm³/mol. The molecule has 3 aromatic rings. The standard InChI is InChI=1S/C22H20Cl2N2O/c1-22(2)11-16-18(17(27)12-22)15(10-13-6-4-3-5-7-13)20(26-16)14-8-9-25-21(24)19(14)23/h3-9,26H,10-12H2,1-2H3. The molecule has 2 heterocycles. The lowest BCUT2D eigenvalue weighted by molar-refractivity contribution is 0.0911. The molecule has 0 saturated carbocycles. The fourth-order valence-corrected chi connectivity index (χ4v) is 4.31. The van der Waals surface area contributed by atoms with Gasteiger partial charge < -0.3 is 4.98 Å². The van der Waals surface area contributed by atoms with Gasteiger partial charge in [-0.15, -0.1) is 0 Å². The van der Waals surface area contributed by atoms with E-state index in [1.165, 1.54) is 0 Å². The summed E-state index contributed by atoms with van der Waals surface area (Å²) in [6, 6.07) is 12.0. The van der Waals surface area contributed by atoms with Gasteiger partial charge >= 0.3 is 0 Å². The molecule has 1 aliphatic carbocycles. The molecule has 4 rings (SSSR count). The molecule has 0 fully saturated rings. The first-order chi connectivity index (χ1) is 12.9. The number of Topliss-reactive ketones (excluding diaryl/α,β-unsaturated/α-hetero) is 1. The SMILES string of the molecule is CC1(C)CC(=O)c2c([nH]c(-c3ccnc(Cl)c3Cl)c2Cc2ccccc2)C1. The summed E-state index contributed by atoms with van der Waals surface area (Å²) < 4.78 is 0. The molecule has 0 radical (unpaired) electrons. The summed E-state index contributed by atoms with van der Waals surface area (Å²) in [6.07, 6.45) is 3.67. The Kier molecular flexibility index (Phi) is 4.61. The third kappa shape index (κ3) is 3.42. The van der Waals surface area contributed by atoms with E-state index in [9.17, 15) is 4.79 Å². The van der Waals surface area contributed by atoms with E-state index in [-0.39, 0.29) is 16.4 Å². The van der Waals surface area contributed by atoms with Gasteiger partial charge in [-0.3, -0.25) is 4.79 Å². The number of aromatic amines is 1. The van der Waals surface area contributed by atoms with Gasteiger partial charge in [0.1, 0.15) is 5.15 Å². The second-order valence-electron chi connectivity index (χ2n) is 7.90. The molecule has 0 amide bonds. The molecule has 0 unspecified atom stereocenters. The summed E-state index contributed by atoms with van der Waals surface area (Å²) in [5, 5.41) is 0.665. The van der Waals surface area contributed by atoms with Crippen molar-refractivity contribution in [3.05, 3.63) is 75.2 Å². The number of hydrogen-bond donors (Lipinski definition) is 1. The number of pyridine rings is 1. The van der Waals surface area contributed by atoms with Crippen molar-refractivity contribution in [2.24, 2.45) is 5.41 Å². The monoisotopic (exact) mass is 398 g/mol. The van der Waals surface area contributed by atoms with Crippen LogP contribution in [0.5, 0.6) is 0 Å². The van der Waals surface area contributed by atoms with Crippen molar-refractivity contribution in [2.45, 2.75) is 33.1 Å². The molecule has 1 N–H and O–H groups in total. The summed E-state index contributed by atoms with van der Waals surface area (Å²) in [7, 11) is 0. The second kappa shape index (κ2) is 6.81. The Labute approximate surface area is 168 Å². The molecule has 0 spiro atoms. The molecule has 3 nitrogen and oxygen atoms in total. The van der Waals surface area contributed by atoms with Gasteiger partial charge in [0, 0.05) is 35.9 Å². The fourth-order valence-electron chi connectivity index (χ4n) is 3.95. The molecule has 0 saturated heterocycles. The molecule has 0 atom stereocenters. The number of carbonyl (C=O) groups is 1. The highest BCUT2D eigenvalue weighted by Crippen LogP contribution is 2.42. The van der Waals surface area contributed by atoms with Gasteiger partial charge in [-0.2, -0.15) is 0 Å². The zero-order valence-corrected chi connectivity index (χ0v) is 16.8. The van der Waals surface area contributed by atoms with Crippen LogP contribution in [-0.4, -0.2) is 15.8 Å². The van der Waals surface area contributed by atoms with E-state index in [1.807, 2.05) is 24.3 Å². The van der Waals surface area contributed by atoms with Crippen molar-refractivity contribution in [1.82, 2.24) is 9.97 Å². The fraction of sp³-hybridized carbons (Fsp3) is 0.273. The largest absolute Gasteiger partial charge is 0.357 e. The van der Waals surface area contributed by atoms with Crippen LogP contribution in [0.3, 0.4) is 0 Å². The van der Waals surface area contributed by atoms with Crippen LogP contribution < -0.4 is 0 Å². The minimum absolute atomic E-state index is 0.0596. The highest BCUT2D eigenvalue weighted by molar-refractivity contribution is 6.43. The highest BCUT2D eigenvalue weighted by atomic mass is 35.5. The zero-order valence-electron chi connectivity index (χ0n) is 15.3. The topological polar surface area (TPSA) is 45.8 Å². The molecule has 27 heavy (non-hydrogen) atoms. The number of fused-ring (bicyclic) bond motifs is 1. The number of aromatic nitrogens is 2. The van der Waals surface area contributed by atoms with Crippen LogP contribution in [0.2, 0.25) is 10.2 Å². The Balaban J connectivity index is 1.93. The van der Waals surface area contributed by atoms with Crippen molar-refractivity contribution >= 4 is 29.0 Å². The number of rotatable bonds is 3. The third-order valence-corrected chi connectivity index (χ3v) is 5.86. The van der Waals surface area contributed by atoms with Gasteiger partial charge in [-0.05, 0) is 29.0 Å². The number of nitrogens with zero attached hydrogens (tertiary/aromatic N) is 1. The molecule has 0 bridgehead atoms. The van der Waals surface area contributed by atoms with Crippen LogP contribution in [0.1, 0.15) is 47.4 Å². The minimum Gasteiger partial charge on any atom is -0.357 e. The first-order valence-corrected chi connectivity index (χ1v) is 9.72. The first-order valence-electron chi connectivity index (χ1n) is 8.97. The van der Waals surface area contributed by atoms with E-state index in [0.717, 1.165) is 40.1 Å². The van der Waals surface area contributed by atoms with Crippen LogP contribution in [0.25, 0.3) is 11.3 Å². The van der Waals surface area contributed by atoms with Gasteiger partial charge in [0.25, 0.3) is 0 Å². The van der Waals surface area contributed by atoms with Crippen molar-refractivity contribution in [3.8, 4) is 11.3 Å². The van der Waals surface area contributed by atoms with Crippen molar-refractivity contribution in [3.63, 3.8) is 0 Å². The number of H-pyrrole nitrogens is 1. The Bertz CT molecular complexity index is 1020. The van der Waals surface area contributed by atoms with Crippen molar-refractivity contribution in [1.29, 1.82) is 0 Å². The summed E-state index contributed by atoms with van der Waals surface area (Å²) in [6.45, 7) is 4.25. The number of ketones is 1. The van der Waals surface area contributed by atoms with Gasteiger partial charge in [-0.25, -0.2) is 4.98 Å². The van der Waals surface area contributed by atoms with Crippen molar-refractivity contribution in [2.75, 3.05) is 0 Å². The van der Waals surface area contributed by atoms with Crippen LogP contribution >= 0.6 is 23.2 Å². The third-order valence-electron chi connectivity index (χ3n) is 5.09. The summed E-state index contributed by atoms with van der Waals surface area (Å²) in [5.74, 6) is 0.186. The molecule has 1 aliphatic rings. The van der Waals surface area contributed by atoms with Gasteiger partial charge in [0.15, 0.2) is 5.78 Å². The maximum atomic E-state index is 13.0. The quantitative estimate of drug-likeness (QED) is 0.539. The number of hydrogen-bond acceptors (Lipinski definition) is 2. The minimum atomic E-state index is -0.0596. The molecular weight excluding hydrogens is 379 g/mol. The molecule has 5 heteroatoms. The summed E-state index contributed by atoms with van der Waals surface area (Å²) in [4.78, 5) is 20.6. The van der Waals surface area contributed by atoms with Crippen molar-refractivity contribution < 1.29 is 4.79 Å². The number of benzene rings is 1. The van der Waals surface area contributed by atoms with Gasteiger partial charge in [-0.1, -0.05) is 67.4 Å². The number of nitrogens with one attached hydrogen (secondary N) is 1. The van der Waals surface area contributed by atoms with E-state index in [2.05, 4.69) is 35.9 Å². The Hall–Kier alpha value is -2.10. The Morgan fingerprint density at radius 1 is 1.11 bits per heavy atom. The van der Waals surface area contributed by atoms with E-state index in [4.69, 9.17) is 23.2 Å². The molecular formula is C22H20Cl2N2O.